The number of hydrogen-bond acceptors (Lipinski definition) is 5. The number of rotatable bonds is 6. The maximum Gasteiger partial charge on any atom is 0.235 e. The van der Waals surface area contributed by atoms with Crippen LogP contribution in [0.4, 0.5) is 5.82 Å². The molecule has 2 amide bonds. The molecule has 0 radical (unpaired) electrons. The van der Waals surface area contributed by atoms with Gasteiger partial charge in [0.1, 0.15) is 11.4 Å². The molecular formula is C22H23N3O4. The van der Waals surface area contributed by atoms with Crippen molar-refractivity contribution >= 4 is 17.6 Å². The number of carbonyl (C=O) groups excluding carboxylic acids is 2. The smallest absolute Gasteiger partial charge is 0.235 e. The largest absolute Gasteiger partial charge is 0.360 e. The molecule has 0 saturated carbocycles. The van der Waals surface area contributed by atoms with Crippen LogP contribution in [0.5, 0.6) is 0 Å². The van der Waals surface area contributed by atoms with E-state index in [0.717, 1.165) is 12.8 Å². The van der Waals surface area contributed by atoms with E-state index in [1.54, 1.807) is 17.9 Å². The molecule has 2 bridgehead atoms. The maximum atomic E-state index is 13.2. The predicted octanol–water partition coefficient (Wildman–Crippen LogP) is 2.02. The highest BCUT2D eigenvalue weighted by Crippen LogP contribution is 2.52. The van der Waals surface area contributed by atoms with E-state index in [9.17, 15) is 9.59 Å². The van der Waals surface area contributed by atoms with Crippen molar-refractivity contribution in [2.75, 3.05) is 18.0 Å². The zero-order valence-electron chi connectivity index (χ0n) is 16.2. The zero-order chi connectivity index (χ0) is 20.0. The Hall–Kier alpha value is -2.93. The molecule has 3 aliphatic rings. The monoisotopic (exact) mass is 393 g/mol. The number of aryl methyl sites for hydroxylation is 2. The molecule has 0 unspecified atom stereocenters. The number of nitrogens with one attached hydrogen (secondary N) is 1. The van der Waals surface area contributed by atoms with Gasteiger partial charge in [-0.15, -0.1) is 0 Å². The standard InChI is InChI=1S/C22H23N3O4/c1-14-12-17(24-29-14)25-13-22-10-9-16(28-22)18(19(22)21(25)27)20(26)23-11-5-8-15-6-3-2-4-7-15/h2-4,6-7,9-10,12,16,18-19H,5,8,11,13H2,1H3,(H,23,26)/t16-,18+,19-,22+/m1/s1. The normalized spacial score (nSPS) is 29.5. The van der Waals surface area contributed by atoms with E-state index < -0.39 is 17.4 Å². The van der Waals surface area contributed by atoms with Gasteiger partial charge in [0.25, 0.3) is 0 Å². The second-order valence-electron chi connectivity index (χ2n) is 8.00. The number of aromatic nitrogens is 1. The molecule has 5 rings (SSSR count). The van der Waals surface area contributed by atoms with E-state index in [4.69, 9.17) is 9.26 Å². The molecule has 4 heterocycles. The summed E-state index contributed by atoms with van der Waals surface area (Å²) in [5.74, 6) is -0.180. The van der Waals surface area contributed by atoms with Crippen LogP contribution in [0.1, 0.15) is 17.7 Å². The molecular weight excluding hydrogens is 370 g/mol. The van der Waals surface area contributed by atoms with Crippen molar-refractivity contribution < 1.29 is 18.8 Å². The first-order chi connectivity index (χ1) is 14.1. The summed E-state index contributed by atoms with van der Waals surface area (Å²) < 4.78 is 11.2. The molecule has 7 heteroatoms. The van der Waals surface area contributed by atoms with Gasteiger partial charge in [-0.05, 0) is 25.3 Å². The summed E-state index contributed by atoms with van der Waals surface area (Å²) in [6.07, 6.45) is 5.25. The summed E-state index contributed by atoms with van der Waals surface area (Å²) in [5.41, 5.74) is 0.497. The lowest BCUT2D eigenvalue weighted by Crippen LogP contribution is -2.44. The van der Waals surface area contributed by atoms with Crippen LogP contribution in [0.3, 0.4) is 0 Å². The summed E-state index contributed by atoms with van der Waals surface area (Å²) >= 11 is 0. The van der Waals surface area contributed by atoms with Gasteiger partial charge in [-0.2, -0.15) is 0 Å². The molecule has 1 aromatic heterocycles. The Kier molecular flexibility index (Phi) is 4.28. The van der Waals surface area contributed by atoms with Crippen LogP contribution in [0.15, 0.2) is 53.1 Å². The van der Waals surface area contributed by atoms with E-state index in [2.05, 4.69) is 22.6 Å². The molecule has 2 aromatic rings. The summed E-state index contributed by atoms with van der Waals surface area (Å²) in [6.45, 7) is 2.71. The average Bonchev–Trinajstić information content (AvgIpc) is 3.47. The molecule has 0 aliphatic carbocycles. The summed E-state index contributed by atoms with van der Waals surface area (Å²) in [4.78, 5) is 27.7. The highest BCUT2D eigenvalue weighted by Gasteiger charge is 2.67. The van der Waals surface area contributed by atoms with Crippen LogP contribution in [0.25, 0.3) is 0 Å². The van der Waals surface area contributed by atoms with Crippen LogP contribution in [-0.4, -0.2) is 41.8 Å². The maximum absolute atomic E-state index is 13.2. The van der Waals surface area contributed by atoms with E-state index in [0.29, 0.717) is 24.7 Å². The fourth-order valence-electron chi connectivity index (χ4n) is 4.74. The van der Waals surface area contributed by atoms with Crippen molar-refractivity contribution in [3.63, 3.8) is 0 Å². The Bertz CT molecular complexity index is 969. The van der Waals surface area contributed by atoms with Gasteiger partial charge < -0.3 is 14.6 Å². The van der Waals surface area contributed by atoms with Crippen molar-refractivity contribution in [2.45, 2.75) is 31.5 Å². The fraction of sp³-hybridized carbons (Fsp3) is 0.409. The number of amides is 2. The topological polar surface area (TPSA) is 84.7 Å². The molecule has 150 valence electrons. The van der Waals surface area contributed by atoms with Gasteiger partial charge in [0.2, 0.25) is 11.8 Å². The lowest BCUT2D eigenvalue weighted by atomic mass is 9.77. The third-order valence-corrected chi connectivity index (χ3v) is 6.08. The van der Waals surface area contributed by atoms with Gasteiger partial charge in [-0.25, -0.2) is 0 Å². The first kappa shape index (κ1) is 18.1. The summed E-state index contributed by atoms with van der Waals surface area (Å²) in [5, 5.41) is 6.97. The second-order valence-corrected chi connectivity index (χ2v) is 8.00. The van der Waals surface area contributed by atoms with Crippen molar-refractivity contribution in [3.05, 3.63) is 59.9 Å². The minimum absolute atomic E-state index is 0.120. The van der Waals surface area contributed by atoms with Crippen molar-refractivity contribution in [1.29, 1.82) is 0 Å². The molecule has 1 N–H and O–H groups in total. The van der Waals surface area contributed by atoms with Crippen molar-refractivity contribution in [2.24, 2.45) is 11.8 Å². The van der Waals surface area contributed by atoms with Crippen LogP contribution in [0.2, 0.25) is 0 Å². The number of benzene rings is 1. The van der Waals surface area contributed by atoms with E-state index in [-0.39, 0.29) is 17.9 Å². The fourth-order valence-corrected chi connectivity index (χ4v) is 4.74. The van der Waals surface area contributed by atoms with E-state index in [1.807, 2.05) is 30.4 Å². The van der Waals surface area contributed by atoms with Crippen LogP contribution in [-0.2, 0) is 20.7 Å². The van der Waals surface area contributed by atoms with Gasteiger partial charge in [-0.3, -0.25) is 14.5 Å². The Labute approximate surface area is 168 Å². The molecule has 29 heavy (non-hydrogen) atoms. The third kappa shape index (κ3) is 2.97. The van der Waals surface area contributed by atoms with Crippen molar-refractivity contribution in [3.8, 4) is 0 Å². The Morgan fingerprint density at radius 3 is 2.93 bits per heavy atom. The van der Waals surface area contributed by atoms with Gasteiger partial charge in [0, 0.05) is 12.6 Å². The molecule has 3 aliphatic heterocycles. The number of ether oxygens (including phenoxy) is 1. The first-order valence-electron chi connectivity index (χ1n) is 10.0. The molecule has 2 saturated heterocycles. The van der Waals surface area contributed by atoms with E-state index in [1.165, 1.54) is 5.56 Å². The van der Waals surface area contributed by atoms with Crippen LogP contribution in [0, 0.1) is 18.8 Å². The second kappa shape index (κ2) is 6.84. The highest BCUT2D eigenvalue weighted by molar-refractivity contribution is 6.02. The van der Waals surface area contributed by atoms with Crippen LogP contribution >= 0.6 is 0 Å². The summed E-state index contributed by atoms with van der Waals surface area (Å²) in [7, 11) is 0. The minimum Gasteiger partial charge on any atom is -0.360 e. The van der Waals surface area contributed by atoms with Gasteiger partial charge in [-0.1, -0.05) is 47.6 Å². The van der Waals surface area contributed by atoms with Gasteiger partial charge in [0.05, 0.1) is 24.5 Å². The number of fused-ring (bicyclic) bond motifs is 1. The Morgan fingerprint density at radius 2 is 2.17 bits per heavy atom. The Morgan fingerprint density at radius 1 is 1.34 bits per heavy atom. The third-order valence-electron chi connectivity index (χ3n) is 6.08. The SMILES string of the molecule is Cc1cc(N2C[C@]34C=C[C@@H](O3)[C@H](C(=O)NCCCc3ccccc3)[C@@H]4C2=O)no1. The molecule has 2 fully saturated rings. The minimum atomic E-state index is -0.749. The van der Waals surface area contributed by atoms with Gasteiger partial charge >= 0.3 is 0 Å². The first-order valence-corrected chi connectivity index (χ1v) is 10.0. The van der Waals surface area contributed by atoms with Crippen molar-refractivity contribution in [1.82, 2.24) is 10.5 Å². The zero-order valence-corrected chi connectivity index (χ0v) is 16.2. The number of anilines is 1. The number of carbonyl (C=O) groups is 2. The van der Waals surface area contributed by atoms with Gasteiger partial charge in [0.15, 0.2) is 5.82 Å². The van der Waals surface area contributed by atoms with Crippen LogP contribution < -0.4 is 10.2 Å². The molecule has 1 spiro atoms. The molecule has 1 aromatic carbocycles. The lowest BCUT2D eigenvalue weighted by molar-refractivity contribution is -0.131. The predicted molar refractivity (Wildman–Crippen MR) is 105 cm³/mol. The number of hydrogen-bond donors (Lipinski definition) is 1. The molecule has 7 nitrogen and oxygen atoms in total. The quantitative estimate of drug-likeness (QED) is 0.600. The average molecular weight is 393 g/mol. The lowest BCUT2D eigenvalue weighted by Gasteiger charge is -2.23. The summed E-state index contributed by atoms with van der Waals surface area (Å²) in [6, 6.07) is 11.9. The number of nitrogens with zero attached hydrogens (tertiary/aromatic N) is 2. The molecule has 4 atom stereocenters. The Balaban J connectivity index is 1.26. The highest BCUT2D eigenvalue weighted by atomic mass is 16.5. The van der Waals surface area contributed by atoms with E-state index >= 15 is 0 Å².